The van der Waals surface area contributed by atoms with Crippen LogP contribution in [0.25, 0.3) is 0 Å². The van der Waals surface area contributed by atoms with Gasteiger partial charge in [-0.05, 0) is 68.1 Å². The predicted molar refractivity (Wildman–Crippen MR) is 102 cm³/mol. The lowest BCUT2D eigenvalue weighted by Crippen LogP contribution is -2.27. The topological polar surface area (TPSA) is 73.7 Å². The molecule has 0 unspecified atom stereocenters. The summed E-state index contributed by atoms with van der Waals surface area (Å²) in [5.74, 6) is 0.000351. The molecule has 2 rings (SSSR count). The fourth-order valence-electron chi connectivity index (χ4n) is 2.80. The number of aryl methyl sites for hydroxylation is 3. The maximum absolute atomic E-state index is 12.1. The summed E-state index contributed by atoms with van der Waals surface area (Å²) in [4.78, 5) is 12.1. The van der Waals surface area contributed by atoms with E-state index in [1.54, 1.807) is 24.3 Å². The van der Waals surface area contributed by atoms with Crippen molar-refractivity contribution in [3.05, 3.63) is 58.7 Å². The van der Waals surface area contributed by atoms with Gasteiger partial charge in [0.15, 0.2) is 0 Å². The first-order valence-electron chi connectivity index (χ1n) is 8.37. The van der Waals surface area contributed by atoms with Crippen LogP contribution >= 0.6 is 0 Å². The number of phenolic OH excluding ortho intramolecular Hbond substituents is 1. The molecule has 5 heteroatoms. The summed E-state index contributed by atoms with van der Waals surface area (Å²) < 4.78 is 0. The zero-order valence-corrected chi connectivity index (χ0v) is 15.2. The zero-order valence-electron chi connectivity index (χ0n) is 15.2. The number of hydrazone groups is 1. The van der Waals surface area contributed by atoms with Gasteiger partial charge in [0.05, 0.1) is 12.3 Å². The Kier molecular flexibility index (Phi) is 6.17. The van der Waals surface area contributed by atoms with Crippen LogP contribution in [0.3, 0.4) is 0 Å². The Morgan fingerprint density at radius 2 is 1.68 bits per heavy atom. The summed E-state index contributed by atoms with van der Waals surface area (Å²) >= 11 is 0. The van der Waals surface area contributed by atoms with Crippen molar-refractivity contribution in [2.45, 2.75) is 34.1 Å². The van der Waals surface area contributed by atoms with E-state index in [2.05, 4.69) is 34.9 Å². The minimum atomic E-state index is -0.205. The van der Waals surface area contributed by atoms with E-state index < -0.39 is 0 Å². The molecule has 0 aliphatic heterocycles. The van der Waals surface area contributed by atoms with Crippen molar-refractivity contribution >= 4 is 17.3 Å². The largest absolute Gasteiger partial charge is 0.508 e. The minimum absolute atomic E-state index is 0.154. The first kappa shape index (κ1) is 18.5. The molecule has 0 fully saturated rings. The number of rotatable bonds is 6. The second kappa shape index (κ2) is 8.33. The third-order valence-electron chi connectivity index (χ3n) is 3.95. The van der Waals surface area contributed by atoms with Gasteiger partial charge in [0.1, 0.15) is 5.75 Å². The van der Waals surface area contributed by atoms with Crippen molar-refractivity contribution in [3.8, 4) is 5.75 Å². The summed E-state index contributed by atoms with van der Waals surface area (Å²) in [7, 11) is 0. The molecule has 0 radical (unpaired) electrons. The third-order valence-corrected chi connectivity index (χ3v) is 3.95. The van der Waals surface area contributed by atoms with Crippen LogP contribution in [-0.2, 0) is 4.79 Å². The van der Waals surface area contributed by atoms with Gasteiger partial charge in [0.25, 0.3) is 5.91 Å². The van der Waals surface area contributed by atoms with Crippen LogP contribution in [0.5, 0.6) is 5.75 Å². The van der Waals surface area contributed by atoms with Crippen LogP contribution in [0.2, 0.25) is 0 Å². The predicted octanol–water partition coefficient (Wildman–Crippen LogP) is 3.66. The highest BCUT2D eigenvalue weighted by Gasteiger charge is 2.07. The Morgan fingerprint density at radius 1 is 1.08 bits per heavy atom. The lowest BCUT2D eigenvalue weighted by Gasteiger charge is -2.13. The second-order valence-electron chi connectivity index (χ2n) is 6.12. The molecule has 0 aromatic heterocycles. The molecule has 5 nitrogen and oxygen atoms in total. The van der Waals surface area contributed by atoms with Crippen LogP contribution in [-0.4, -0.2) is 23.3 Å². The number of nitrogens with zero attached hydrogens (tertiary/aromatic N) is 1. The Labute approximate surface area is 148 Å². The number of benzene rings is 2. The maximum Gasteiger partial charge on any atom is 0.259 e. The number of aromatic hydroxyl groups is 1. The van der Waals surface area contributed by atoms with Gasteiger partial charge in [0, 0.05) is 5.69 Å². The highest BCUT2D eigenvalue weighted by Crippen LogP contribution is 2.21. The lowest BCUT2D eigenvalue weighted by atomic mass is 10.1. The molecule has 1 amide bonds. The fourth-order valence-corrected chi connectivity index (χ4v) is 2.80. The average Bonchev–Trinajstić information content (AvgIpc) is 2.56. The van der Waals surface area contributed by atoms with Gasteiger partial charge >= 0.3 is 0 Å². The van der Waals surface area contributed by atoms with Crippen molar-refractivity contribution in [1.82, 2.24) is 5.43 Å². The standard InChI is InChI=1S/C20H25N3O2/c1-5-18(16-6-8-17(24)9-7-16)22-23-19(25)12-21-20-14(3)10-13(2)11-15(20)4/h6-11,21,24H,5,12H2,1-4H3,(H,23,25)/b22-18+. The highest BCUT2D eigenvalue weighted by atomic mass is 16.3. The molecule has 0 spiro atoms. The van der Waals surface area contributed by atoms with Crippen LogP contribution in [0, 0.1) is 20.8 Å². The van der Waals surface area contributed by atoms with E-state index in [0.717, 1.165) is 28.1 Å². The molecule has 0 bridgehead atoms. The van der Waals surface area contributed by atoms with Crippen molar-refractivity contribution in [2.75, 3.05) is 11.9 Å². The molecule has 0 heterocycles. The van der Waals surface area contributed by atoms with Gasteiger partial charge in [-0.3, -0.25) is 4.79 Å². The molecule has 3 N–H and O–H groups in total. The summed E-state index contributed by atoms with van der Waals surface area (Å²) in [6.07, 6.45) is 0.675. The molecular formula is C20H25N3O2. The van der Waals surface area contributed by atoms with Crippen molar-refractivity contribution < 1.29 is 9.90 Å². The normalized spacial score (nSPS) is 11.3. The van der Waals surface area contributed by atoms with Crippen LogP contribution in [0.15, 0.2) is 41.5 Å². The molecule has 2 aromatic rings. The van der Waals surface area contributed by atoms with Gasteiger partial charge in [0.2, 0.25) is 0 Å². The SMILES string of the molecule is CC/C(=N\NC(=O)CNc1c(C)cc(C)cc1C)c1ccc(O)cc1. The lowest BCUT2D eigenvalue weighted by molar-refractivity contribution is -0.119. The number of anilines is 1. The fraction of sp³-hybridized carbons (Fsp3) is 0.300. The van der Waals surface area contributed by atoms with E-state index in [-0.39, 0.29) is 18.2 Å². The molecule has 0 aliphatic rings. The van der Waals surface area contributed by atoms with E-state index in [0.29, 0.717) is 6.42 Å². The minimum Gasteiger partial charge on any atom is -0.508 e. The first-order valence-corrected chi connectivity index (χ1v) is 8.37. The van der Waals surface area contributed by atoms with Gasteiger partial charge in [-0.25, -0.2) is 5.43 Å². The Bertz CT molecular complexity index is 757. The molecule has 132 valence electrons. The van der Waals surface area contributed by atoms with Crippen molar-refractivity contribution in [2.24, 2.45) is 5.10 Å². The number of amides is 1. The maximum atomic E-state index is 12.1. The van der Waals surface area contributed by atoms with Crippen LogP contribution in [0.1, 0.15) is 35.6 Å². The van der Waals surface area contributed by atoms with Gasteiger partial charge in [-0.1, -0.05) is 24.6 Å². The Balaban J connectivity index is 1.99. The second-order valence-corrected chi connectivity index (χ2v) is 6.12. The summed E-state index contributed by atoms with van der Waals surface area (Å²) in [5.41, 5.74) is 8.65. The molecule has 0 aliphatic carbocycles. The summed E-state index contributed by atoms with van der Waals surface area (Å²) in [6.45, 7) is 8.23. The summed E-state index contributed by atoms with van der Waals surface area (Å²) in [6, 6.07) is 10.9. The monoisotopic (exact) mass is 339 g/mol. The van der Waals surface area contributed by atoms with E-state index in [1.807, 2.05) is 20.8 Å². The number of hydrogen-bond acceptors (Lipinski definition) is 4. The van der Waals surface area contributed by atoms with Crippen LogP contribution in [0.4, 0.5) is 5.69 Å². The number of phenols is 1. The molecule has 0 atom stereocenters. The van der Waals surface area contributed by atoms with Gasteiger partial charge < -0.3 is 10.4 Å². The van der Waals surface area contributed by atoms with E-state index in [1.165, 1.54) is 5.56 Å². The Hall–Kier alpha value is -2.82. The van der Waals surface area contributed by atoms with E-state index in [4.69, 9.17) is 0 Å². The third kappa shape index (κ3) is 5.08. The molecule has 25 heavy (non-hydrogen) atoms. The molecule has 0 saturated carbocycles. The Morgan fingerprint density at radius 3 is 2.24 bits per heavy atom. The van der Waals surface area contributed by atoms with Crippen molar-refractivity contribution in [1.29, 1.82) is 0 Å². The zero-order chi connectivity index (χ0) is 18.4. The first-order chi connectivity index (χ1) is 11.9. The molecular weight excluding hydrogens is 314 g/mol. The van der Waals surface area contributed by atoms with Gasteiger partial charge in [-0.15, -0.1) is 0 Å². The number of carbonyl (C=O) groups excluding carboxylic acids is 1. The number of carbonyl (C=O) groups is 1. The van der Waals surface area contributed by atoms with Crippen molar-refractivity contribution in [3.63, 3.8) is 0 Å². The van der Waals surface area contributed by atoms with Gasteiger partial charge in [-0.2, -0.15) is 5.10 Å². The quantitative estimate of drug-likeness (QED) is 0.555. The molecule has 0 saturated heterocycles. The molecule has 2 aromatic carbocycles. The average molecular weight is 339 g/mol. The summed E-state index contributed by atoms with van der Waals surface area (Å²) in [5, 5.41) is 16.7. The number of nitrogens with one attached hydrogen (secondary N) is 2. The number of hydrogen-bond donors (Lipinski definition) is 3. The van der Waals surface area contributed by atoms with Crippen LogP contribution < -0.4 is 10.7 Å². The highest BCUT2D eigenvalue weighted by molar-refractivity contribution is 6.01. The van der Waals surface area contributed by atoms with E-state index in [9.17, 15) is 9.90 Å². The van der Waals surface area contributed by atoms with E-state index >= 15 is 0 Å². The smallest absolute Gasteiger partial charge is 0.259 e.